The first-order valence-electron chi connectivity index (χ1n) is 3.99. The lowest BCUT2D eigenvalue weighted by molar-refractivity contribution is 2.50. The summed E-state index contributed by atoms with van der Waals surface area (Å²) in [7, 11) is -0.250. The second-order valence-corrected chi connectivity index (χ2v) is 0. The summed E-state index contributed by atoms with van der Waals surface area (Å²) >= 11 is 0. The first-order chi connectivity index (χ1) is 5.24. The van der Waals surface area contributed by atoms with Crippen molar-refractivity contribution in [1.82, 2.24) is 0 Å². The Bertz CT molecular complexity index is 82.5. The molecule has 80 valence electrons. The van der Waals surface area contributed by atoms with E-state index in [-0.39, 0.29) is 53.4 Å². The lowest BCUT2D eigenvalue weighted by Gasteiger charge is -0.701. The molecule has 0 unspecified atom stereocenters. The Morgan fingerprint density at radius 3 is 0.909 bits per heavy atom. The van der Waals surface area contributed by atoms with Gasteiger partial charge in [-0.3, -0.25) is 0 Å². The van der Waals surface area contributed by atoms with E-state index in [1.807, 2.05) is 0 Å². The summed E-state index contributed by atoms with van der Waals surface area (Å²) in [5.74, 6) is 0. The van der Waals surface area contributed by atoms with E-state index in [1.54, 1.807) is 0 Å². The minimum Gasteiger partial charge on any atom is -0.124 e. The fourth-order valence-electron chi connectivity index (χ4n) is 0. The van der Waals surface area contributed by atoms with Crippen LogP contribution in [0.1, 0.15) is 61.8 Å². The van der Waals surface area contributed by atoms with Crippen molar-refractivity contribution < 1.29 is 9.88 Å². The number of hydrogen-bond donors (Lipinski definition) is 0. The number of hydrogen-bond acceptors (Lipinski definition) is 0. The van der Waals surface area contributed by atoms with E-state index >= 15 is 0 Å². The van der Waals surface area contributed by atoms with Crippen LogP contribution in [0.3, 0.4) is 0 Å². The molecule has 0 bridgehead atoms. The average molecular weight is 182 g/mol. The third-order valence-electron chi connectivity index (χ3n) is 0. The molecule has 0 fully saturated rings. The van der Waals surface area contributed by atoms with Gasteiger partial charge in [-0.2, -0.15) is 0 Å². The summed E-state index contributed by atoms with van der Waals surface area (Å²) in [5, 5.41) is 0. The van der Waals surface area contributed by atoms with Gasteiger partial charge in [0.25, 0.3) is 0 Å². The molecule has 0 atom stereocenters. The molecule has 0 N–H and O–H groups in total. The zero-order valence-electron chi connectivity index (χ0n) is 8.86. The Kier molecular flexibility index (Phi) is 1590. The van der Waals surface area contributed by atoms with Crippen molar-refractivity contribution in [2.45, 2.75) is 51.9 Å². The molecule has 0 nitrogen and oxygen atoms in total. The van der Waals surface area contributed by atoms with E-state index in [4.69, 9.17) is 8.45 Å². The molecule has 0 rings (SSSR count). The van der Waals surface area contributed by atoms with Gasteiger partial charge in [-0.15, -0.1) is 25.6 Å². The first kappa shape index (κ1) is 22.5. The van der Waals surface area contributed by atoms with Crippen LogP contribution in [0.15, 0.2) is 0 Å². The van der Waals surface area contributed by atoms with Crippen LogP contribution in [-0.4, -0.2) is 0 Å². The van der Waals surface area contributed by atoms with E-state index in [1.165, 1.54) is 12.8 Å². The molecule has 0 aromatic rings. The minimum absolute atomic E-state index is 0. The first-order valence-corrected chi connectivity index (χ1v) is 0.577. The van der Waals surface area contributed by atoms with Crippen LogP contribution < -0.4 is 0 Å². The van der Waals surface area contributed by atoms with Gasteiger partial charge in [0.05, 0.1) is 0 Å². The van der Waals surface area contributed by atoms with Gasteiger partial charge in [-0.05, 0) is 0 Å². The van der Waals surface area contributed by atoms with Crippen LogP contribution in [-0.2, 0) is 0 Å². The highest BCUT2D eigenvalue weighted by Gasteiger charge is 0.456. The Hall–Kier alpha value is -0.880. The summed E-state index contributed by atoms with van der Waals surface area (Å²) < 4.78 is 33.2. The lowest BCUT2D eigenvalue weighted by atomic mass is 11.4. The van der Waals surface area contributed by atoms with Crippen molar-refractivity contribution in [3.05, 3.63) is 0 Å². The van der Waals surface area contributed by atoms with Crippen LogP contribution in [0.2, 0.25) is 0 Å². The predicted octanol–water partition coefficient (Wildman–Crippen LogP) is 5.44. The van der Waals surface area contributed by atoms with Crippen molar-refractivity contribution in [2.75, 3.05) is 0 Å². The van der Waals surface area contributed by atoms with Gasteiger partial charge in [0.15, 0.2) is 0 Å². The molecule has 0 saturated heterocycles. The summed E-state index contributed by atoms with van der Waals surface area (Å²) in [6.07, 6.45) is 11.5. The van der Waals surface area contributed by atoms with Crippen LogP contribution in [0.5, 0.6) is 0 Å². The topological polar surface area (TPSA) is 0 Å². The minimum atomic E-state index is -0.250. The van der Waals surface area contributed by atoms with E-state index in [0.717, 1.165) is 0 Å². The zero-order chi connectivity index (χ0) is 10.1. The van der Waals surface area contributed by atoms with Crippen molar-refractivity contribution in [2.24, 2.45) is 0 Å². The normalized spacial score (nSPS) is 4.18. The molecule has 0 aliphatic heterocycles. The molecule has 0 aromatic carbocycles. The molecule has 0 heterocycles. The van der Waals surface area contributed by atoms with Gasteiger partial charge in [-0.1, -0.05) is 51.9 Å². The van der Waals surface area contributed by atoms with Gasteiger partial charge >= 0.3 is 0 Å². The number of terminal acetylenes is 2. The Morgan fingerprint density at radius 1 is 0.909 bits per heavy atom. The van der Waals surface area contributed by atoms with Crippen LogP contribution in [0.4, 0.5) is 0 Å². The molecule has 0 amide bonds. The van der Waals surface area contributed by atoms with Gasteiger partial charge < -0.3 is 0 Å². The quantitative estimate of drug-likeness (QED) is 0.437. The van der Waals surface area contributed by atoms with Gasteiger partial charge in [0.1, 0.15) is 2.74 Å². The highest BCUT2D eigenvalue weighted by atomic mass is 12.6. The largest absolute Gasteiger partial charge is 0.124 e. The maximum atomic E-state index is 5.88. The lowest BCUT2D eigenvalue weighted by Crippen LogP contribution is -0.576. The van der Waals surface area contributed by atoms with Crippen molar-refractivity contribution >= 4 is 0 Å². The maximum absolute atomic E-state index is 5.88. The molecule has 0 saturated carbocycles. The molecule has 0 radical (unpaired) electrons. The van der Waals surface area contributed by atoms with Crippen LogP contribution >= 0.6 is 0 Å². The molecule has 0 aromatic heterocycles. The summed E-state index contributed by atoms with van der Waals surface area (Å²) in [4.78, 5) is 0. The SMILES string of the molecule is C.C.C.C.C.C.[3HH].[3H]C#C.[3H]C#C.[3H]C[3H].[3H][3H]. The Labute approximate surface area is 88.6 Å². The molecule has 0 aliphatic rings. The van der Waals surface area contributed by atoms with Crippen molar-refractivity contribution in [3.8, 4) is 25.6 Å². The molecular weight excluding hydrogens is 132 g/mol. The van der Waals surface area contributed by atoms with E-state index in [2.05, 4.69) is 12.8 Å². The summed E-state index contributed by atoms with van der Waals surface area (Å²) in [5.41, 5.74) is 0. The van der Waals surface area contributed by atoms with Crippen LogP contribution in [0, 0.1) is 25.6 Å². The molecule has 0 heteroatoms. The van der Waals surface area contributed by atoms with Crippen LogP contribution in [0.25, 0.3) is 0 Å². The van der Waals surface area contributed by atoms with Crippen molar-refractivity contribution in [3.63, 3.8) is 0 Å². The summed E-state index contributed by atoms with van der Waals surface area (Å²) in [6.45, 7) is 0. The number of rotatable bonds is 0. The highest BCUT2D eigenvalue weighted by Crippen LogP contribution is 0.581. The second kappa shape index (κ2) is 777. The Morgan fingerprint density at radius 2 is 0.909 bits per heavy atom. The average Bonchev–Trinajstić information content (AvgIpc) is 1.96. The van der Waals surface area contributed by atoms with E-state index in [0.29, 0.717) is 0 Å². The standard InChI is InChI=1S/2C2H2.7CH4.2H2/c2*1-2;;;;;;;;;/h2*1-2H;7*1H4;2*1H/i2*1T;1T2;;;;;;;1+2T;1+2. The van der Waals surface area contributed by atoms with Crippen molar-refractivity contribution in [1.29, 1.82) is 0 Å². The fraction of sp³-hybridized carbons (Fsp3) is 0.636. The molecule has 11 heavy (non-hydrogen) atoms. The third kappa shape index (κ3) is 597. The molecule has 0 spiro atoms. The van der Waals surface area contributed by atoms with Gasteiger partial charge in [0, 0.05) is 7.14 Å². The second-order valence-electron chi connectivity index (χ2n) is 0. The zero-order valence-corrected chi connectivity index (χ0v) is 2.86. The smallest absolute Gasteiger partial charge is 0.124 e. The summed E-state index contributed by atoms with van der Waals surface area (Å²) in [6, 6.07) is 0. The molecule has 0 aliphatic carbocycles. The van der Waals surface area contributed by atoms with E-state index < -0.39 is 0 Å². The maximum Gasteiger partial charge on any atom is 0.124 e. The fourth-order valence-corrected chi connectivity index (χ4v) is 0. The van der Waals surface area contributed by atoms with Gasteiger partial charge in [-0.25, -0.2) is 0 Å². The third-order valence-corrected chi connectivity index (χ3v) is 0. The Balaban J connectivity index is -0.00000000360. The van der Waals surface area contributed by atoms with Gasteiger partial charge in [0.2, 0.25) is 0 Å². The highest BCUT2D eigenvalue weighted by molar-refractivity contribution is 4.47. The monoisotopic (exact) mass is 182 g/mol. The predicted molar refractivity (Wildman–Crippen MR) is 71.1 cm³/mol. The molecular formula is C11H36. The van der Waals surface area contributed by atoms with E-state index in [9.17, 15) is 0 Å².